The van der Waals surface area contributed by atoms with Gasteiger partial charge in [-0.2, -0.15) is 0 Å². The van der Waals surface area contributed by atoms with Crippen molar-refractivity contribution >= 4 is 32.8 Å². The zero-order chi connectivity index (χ0) is 13.0. The summed E-state index contributed by atoms with van der Waals surface area (Å²) in [4.78, 5) is 14.8. The molecule has 4 aromatic rings. The topological polar surface area (TPSA) is 46.0 Å². The standard InChI is InChI=1S/C16H11NO2/c1-9-6-16(18)19-15-8-14-12(7-11(9)15)10-4-2-3-5-13(10)17-14/h2-8,17H,1H3. The monoisotopic (exact) mass is 249 g/mol. The number of rotatable bonds is 0. The maximum atomic E-state index is 11.4. The molecule has 1 N–H and O–H groups in total. The molecule has 0 bridgehead atoms. The highest BCUT2D eigenvalue weighted by Gasteiger charge is 2.08. The van der Waals surface area contributed by atoms with Crippen molar-refractivity contribution in [3.8, 4) is 0 Å². The van der Waals surface area contributed by atoms with Crippen molar-refractivity contribution in [3.63, 3.8) is 0 Å². The minimum atomic E-state index is -0.305. The molecule has 2 aromatic heterocycles. The van der Waals surface area contributed by atoms with E-state index in [1.54, 1.807) is 0 Å². The third kappa shape index (κ3) is 1.41. The largest absolute Gasteiger partial charge is 0.423 e. The van der Waals surface area contributed by atoms with Crippen LogP contribution in [0.3, 0.4) is 0 Å². The van der Waals surface area contributed by atoms with Gasteiger partial charge in [-0.25, -0.2) is 4.79 Å². The van der Waals surface area contributed by atoms with Crippen LogP contribution < -0.4 is 5.63 Å². The van der Waals surface area contributed by atoms with Crippen LogP contribution in [0.15, 0.2) is 51.7 Å². The molecule has 19 heavy (non-hydrogen) atoms. The number of hydrogen-bond donors (Lipinski definition) is 1. The lowest BCUT2D eigenvalue weighted by atomic mass is 10.1. The van der Waals surface area contributed by atoms with Crippen molar-refractivity contribution in [1.82, 2.24) is 4.98 Å². The summed E-state index contributed by atoms with van der Waals surface area (Å²) in [5, 5.41) is 3.32. The molecule has 0 saturated heterocycles. The smallest absolute Gasteiger partial charge is 0.336 e. The van der Waals surface area contributed by atoms with E-state index in [0.29, 0.717) is 5.58 Å². The third-order valence-corrected chi connectivity index (χ3v) is 3.58. The van der Waals surface area contributed by atoms with Crippen molar-refractivity contribution in [3.05, 3.63) is 58.4 Å². The number of H-pyrrole nitrogens is 1. The van der Waals surface area contributed by atoms with Gasteiger partial charge in [0.15, 0.2) is 0 Å². The first-order valence-corrected chi connectivity index (χ1v) is 6.17. The van der Waals surface area contributed by atoms with E-state index in [1.807, 2.05) is 31.2 Å². The Morgan fingerprint density at radius 3 is 2.68 bits per heavy atom. The lowest BCUT2D eigenvalue weighted by Crippen LogP contribution is -1.97. The fourth-order valence-electron chi connectivity index (χ4n) is 2.66. The molecule has 0 spiro atoms. The molecule has 0 radical (unpaired) electrons. The van der Waals surface area contributed by atoms with E-state index in [4.69, 9.17) is 4.42 Å². The first-order chi connectivity index (χ1) is 9.22. The summed E-state index contributed by atoms with van der Waals surface area (Å²) in [6.45, 7) is 1.93. The highest BCUT2D eigenvalue weighted by atomic mass is 16.4. The van der Waals surface area contributed by atoms with Crippen molar-refractivity contribution in [2.75, 3.05) is 0 Å². The number of hydrogen-bond acceptors (Lipinski definition) is 2. The van der Waals surface area contributed by atoms with Crippen LogP contribution in [-0.4, -0.2) is 4.98 Å². The average Bonchev–Trinajstić information content (AvgIpc) is 2.74. The van der Waals surface area contributed by atoms with Gasteiger partial charge < -0.3 is 9.40 Å². The van der Waals surface area contributed by atoms with E-state index in [-0.39, 0.29) is 5.63 Å². The Kier molecular flexibility index (Phi) is 1.90. The van der Waals surface area contributed by atoms with Crippen molar-refractivity contribution in [2.24, 2.45) is 0 Å². The number of benzene rings is 2. The van der Waals surface area contributed by atoms with Crippen molar-refractivity contribution in [1.29, 1.82) is 0 Å². The van der Waals surface area contributed by atoms with E-state index in [0.717, 1.165) is 27.4 Å². The van der Waals surface area contributed by atoms with Crippen LogP contribution in [0.1, 0.15) is 5.56 Å². The lowest BCUT2D eigenvalue weighted by molar-refractivity contribution is 0.560. The fourth-order valence-corrected chi connectivity index (χ4v) is 2.66. The van der Waals surface area contributed by atoms with Gasteiger partial charge in [0.05, 0.1) is 5.52 Å². The van der Waals surface area contributed by atoms with Crippen LogP contribution >= 0.6 is 0 Å². The summed E-state index contributed by atoms with van der Waals surface area (Å²) >= 11 is 0. The number of aromatic amines is 1. The number of aromatic nitrogens is 1. The van der Waals surface area contributed by atoms with Crippen molar-refractivity contribution in [2.45, 2.75) is 6.92 Å². The molecule has 92 valence electrons. The molecule has 0 atom stereocenters. The molecule has 0 fully saturated rings. The van der Waals surface area contributed by atoms with Gasteiger partial charge in [0.2, 0.25) is 0 Å². The maximum absolute atomic E-state index is 11.4. The maximum Gasteiger partial charge on any atom is 0.336 e. The number of para-hydroxylation sites is 1. The van der Waals surface area contributed by atoms with Gasteiger partial charge in [-0.15, -0.1) is 0 Å². The minimum Gasteiger partial charge on any atom is -0.423 e. The molecular weight excluding hydrogens is 238 g/mol. The SMILES string of the molecule is Cc1cc(=O)oc2cc3[nH]c4ccccc4c3cc12. The minimum absolute atomic E-state index is 0.305. The predicted octanol–water partition coefficient (Wildman–Crippen LogP) is 3.74. The summed E-state index contributed by atoms with van der Waals surface area (Å²) in [6.07, 6.45) is 0. The highest BCUT2D eigenvalue weighted by Crippen LogP contribution is 2.29. The van der Waals surface area contributed by atoms with Gasteiger partial charge in [-0.05, 0) is 24.6 Å². The van der Waals surface area contributed by atoms with Crippen LogP contribution in [0.4, 0.5) is 0 Å². The highest BCUT2D eigenvalue weighted by molar-refractivity contribution is 6.11. The van der Waals surface area contributed by atoms with Gasteiger partial charge in [-0.3, -0.25) is 0 Å². The Morgan fingerprint density at radius 2 is 1.79 bits per heavy atom. The molecule has 2 heterocycles. The quantitative estimate of drug-likeness (QED) is 0.482. The van der Waals surface area contributed by atoms with E-state index in [1.165, 1.54) is 11.5 Å². The summed E-state index contributed by atoms with van der Waals surface area (Å²) in [5.41, 5.74) is 3.35. The van der Waals surface area contributed by atoms with Crippen LogP contribution in [-0.2, 0) is 0 Å². The first-order valence-electron chi connectivity index (χ1n) is 6.17. The van der Waals surface area contributed by atoms with Crippen LogP contribution in [0.2, 0.25) is 0 Å². The predicted molar refractivity (Wildman–Crippen MR) is 76.6 cm³/mol. The molecule has 0 saturated carbocycles. The lowest BCUT2D eigenvalue weighted by Gasteiger charge is -2.00. The summed E-state index contributed by atoms with van der Waals surface area (Å²) < 4.78 is 5.27. The zero-order valence-corrected chi connectivity index (χ0v) is 10.4. The van der Waals surface area contributed by atoms with Crippen LogP contribution in [0.25, 0.3) is 32.8 Å². The Hall–Kier alpha value is -2.55. The van der Waals surface area contributed by atoms with Gasteiger partial charge in [0.25, 0.3) is 0 Å². The molecule has 0 aliphatic rings. The molecule has 0 aliphatic heterocycles. The molecule has 0 amide bonds. The summed E-state index contributed by atoms with van der Waals surface area (Å²) in [6, 6.07) is 13.7. The Balaban J connectivity index is 2.28. The van der Waals surface area contributed by atoms with E-state index in [9.17, 15) is 4.79 Å². The second-order valence-electron chi connectivity index (χ2n) is 4.81. The third-order valence-electron chi connectivity index (χ3n) is 3.58. The second kappa shape index (κ2) is 3.48. The van der Waals surface area contributed by atoms with Crippen LogP contribution in [0, 0.1) is 6.92 Å². The van der Waals surface area contributed by atoms with E-state index < -0.39 is 0 Å². The second-order valence-corrected chi connectivity index (χ2v) is 4.81. The van der Waals surface area contributed by atoms with Gasteiger partial charge in [-0.1, -0.05) is 18.2 Å². The Labute approximate surface area is 108 Å². The molecule has 3 heteroatoms. The van der Waals surface area contributed by atoms with Crippen molar-refractivity contribution < 1.29 is 4.42 Å². The molecule has 4 rings (SSSR count). The first kappa shape index (κ1) is 10.4. The molecule has 0 unspecified atom stereocenters. The van der Waals surface area contributed by atoms with Crippen LogP contribution in [0.5, 0.6) is 0 Å². The Morgan fingerprint density at radius 1 is 0.947 bits per heavy atom. The Bertz CT molecular complexity index is 992. The number of nitrogens with one attached hydrogen (secondary N) is 1. The summed E-state index contributed by atoms with van der Waals surface area (Å²) in [5.74, 6) is 0. The normalized spacial score (nSPS) is 11.6. The number of fused-ring (bicyclic) bond motifs is 4. The fraction of sp³-hybridized carbons (Fsp3) is 0.0625. The molecular formula is C16H11NO2. The van der Waals surface area contributed by atoms with E-state index in [2.05, 4.69) is 17.1 Å². The van der Waals surface area contributed by atoms with Gasteiger partial charge >= 0.3 is 5.63 Å². The zero-order valence-electron chi connectivity index (χ0n) is 10.4. The van der Waals surface area contributed by atoms with Gasteiger partial charge in [0.1, 0.15) is 5.58 Å². The number of aryl methyl sites for hydroxylation is 1. The molecule has 3 nitrogen and oxygen atoms in total. The molecule has 0 aliphatic carbocycles. The van der Waals surface area contributed by atoms with E-state index >= 15 is 0 Å². The summed E-state index contributed by atoms with van der Waals surface area (Å²) in [7, 11) is 0. The van der Waals surface area contributed by atoms with Gasteiger partial charge in [0, 0.05) is 33.8 Å². The average molecular weight is 249 g/mol. The molecule has 2 aromatic carbocycles.